The Kier molecular flexibility index (Phi) is 65.9. The second-order valence-electron chi connectivity index (χ2n) is 24.2. The number of allylic oxidation sites excluding steroid dienone is 5. The Bertz CT molecular complexity index is 1260. The van der Waals surface area contributed by atoms with Gasteiger partial charge in [-0.15, -0.1) is 0 Å². The summed E-state index contributed by atoms with van der Waals surface area (Å²) in [4.78, 5) is 24.6. The smallest absolute Gasteiger partial charge is 0.305 e. The topological polar surface area (TPSA) is 95.9 Å². The molecular formula is C72H137NO5. The maximum absolute atomic E-state index is 12.5. The van der Waals surface area contributed by atoms with Crippen LogP contribution in [-0.4, -0.2) is 47.4 Å². The lowest BCUT2D eigenvalue weighted by Crippen LogP contribution is -2.45. The molecule has 0 aromatic rings. The molecule has 0 aliphatic carbocycles. The van der Waals surface area contributed by atoms with E-state index in [-0.39, 0.29) is 18.5 Å². The van der Waals surface area contributed by atoms with Gasteiger partial charge in [0, 0.05) is 12.8 Å². The van der Waals surface area contributed by atoms with Gasteiger partial charge in [0.25, 0.3) is 0 Å². The zero-order chi connectivity index (χ0) is 56.4. The van der Waals surface area contributed by atoms with Gasteiger partial charge < -0.3 is 20.3 Å². The molecule has 0 bridgehead atoms. The van der Waals surface area contributed by atoms with Crippen LogP contribution in [0.4, 0.5) is 0 Å². The fourth-order valence-electron chi connectivity index (χ4n) is 11.0. The summed E-state index contributed by atoms with van der Waals surface area (Å²) in [5.41, 5.74) is 0. The summed E-state index contributed by atoms with van der Waals surface area (Å²) >= 11 is 0. The number of aliphatic hydroxyl groups is 2. The third kappa shape index (κ3) is 63.3. The number of ether oxygens (including phenoxy) is 1. The lowest BCUT2D eigenvalue weighted by atomic mass is 10.0. The molecule has 6 heteroatoms. The van der Waals surface area contributed by atoms with E-state index in [0.717, 1.165) is 44.9 Å². The van der Waals surface area contributed by atoms with E-state index in [1.54, 1.807) is 6.08 Å². The molecule has 0 aromatic carbocycles. The van der Waals surface area contributed by atoms with Crippen LogP contribution in [0.3, 0.4) is 0 Å². The molecule has 3 N–H and O–H groups in total. The summed E-state index contributed by atoms with van der Waals surface area (Å²) in [7, 11) is 0. The third-order valence-corrected chi connectivity index (χ3v) is 16.4. The Morgan fingerprint density at radius 2 is 0.603 bits per heavy atom. The van der Waals surface area contributed by atoms with Crippen LogP contribution in [0.15, 0.2) is 36.5 Å². The van der Waals surface area contributed by atoms with Crippen molar-refractivity contribution < 1.29 is 24.5 Å². The predicted molar refractivity (Wildman–Crippen MR) is 343 cm³/mol. The number of carbonyl (C=O) groups is 2. The molecule has 0 heterocycles. The van der Waals surface area contributed by atoms with Crippen molar-refractivity contribution in [1.29, 1.82) is 0 Å². The Hall–Kier alpha value is -1.92. The van der Waals surface area contributed by atoms with Gasteiger partial charge in [0.05, 0.1) is 25.4 Å². The minimum Gasteiger partial charge on any atom is -0.466 e. The van der Waals surface area contributed by atoms with E-state index in [2.05, 4.69) is 43.5 Å². The minimum atomic E-state index is -0.849. The van der Waals surface area contributed by atoms with Crippen LogP contribution in [0.5, 0.6) is 0 Å². The summed E-state index contributed by atoms with van der Waals surface area (Å²) in [5, 5.41) is 23.3. The summed E-state index contributed by atoms with van der Waals surface area (Å²) in [5.74, 6) is -0.0649. The monoisotopic (exact) mass is 1100 g/mol. The van der Waals surface area contributed by atoms with Crippen LogP contribution in [0.25, 0.3) is 0 Å². The number of carbonyl (C=O) groups excluding carboxylic acids is 2. The molecule has 2 unspecified atom stereocenters. The number of aliphatic hydroxyl groups excluding tert-OH is 2. The second-order valence-corrected chi connectivity index (χ2v) is 24.2. The number of hydrogen-bond donors (Lipinski definition) is 3. The van der Waals surface area contributed by atoms with E-state index >= 15 is 0 Å². The predicted octanol–water partition coefficient (Wildman–Crippen LogP) is 22.7. The SMILES string of the molecule is CCCCCCC/C=C\CCCCCCCC(=O)OCCCCCCCCCCCCCC/C=C\CCCCCCCCCCC(=O)NC(CO)C(O)/C=C/CCCCCCCCCCCCCCCCCCCCCCC. The first-order chi connectivity index (χ1) is 38.5. The molecular weight excluding hydrogens is 959 g/mol. The standard InChI is InChI=1S/C72H137NO5/c1-3-5-7-9-11-13-15-17-19-20-21-22-25-28-31-34-37-40-44-48-52-56-60-64-70(75)69(68-74)73-71(76)65-61-57-53-49-45-41-38-35-32-29-26-23-24-27-30-33-36-39-43-47-51-55-59-63-67-78-72(77)66-62-58-54-50-46-42-18-16-14-12-10-8-6-4-2/h16,18,26,29,60,64,69-70,74-75H,3-15,17,19-25,27-28,30-59,61-63,65-68H2,1-2H3,(H,73,76)/b18-16-,29-26-,64-60+. The number of hydrogen-bond acceptors (Lipinski definition) is 5. The lowest BCUT2D eigenvalue weighted by molar-refractivity contribution is -0.143. The van der Waals surface area contributed by atoms with Crippen molar-refractivity contribution >= 4 is 11.9 Å². The van der Waals surface area contributed by atoms with Crippen LogP contribution >= 0.6 is 0 Å². The molecule has 0 aromatic heterocycles. The van der Waals surface area contributed by atoms with Crippen molar-refractivity contribution in [3.63, 3.8) is 0 Å². The van der Waals surface area contributed by atoms with Gasteiger partial charge in [0.1, 0.15) is 0 Å². The van der Waals surface area contributed by atoms with E-state index < -0.39 is 12.1 Å². The zero-order valence-corrected chi connectivity index (χ0v) is 52.7. The molecule has 460 valence electrons. The van der Waals surface area contributed by atoms with E-state index in [1.807, 2.05) is 6.08 Å². The Labute approximate surface area is 487 Å². The molecule has 78 heavy (non-hydrogen) atoms. The van der Waals surface area contributed by atoms with Gasteiger partial charge >= 0.3 is 5.97 Å². The first-order valence-electron chi connectivity index (χ1n) is 35.3. The van der Waals surface area contributed by atoms with Gasteiger partial charge in [-0.1, -0.05) is 326 Å². The highest BCUT2D eigenvalue weighted by molar-refractivity contribution is 5.76. The molecule has 0 aliphatic rings. The Balaban J connectivity index is 3.44. The molecule has 0 saturated carbocycles. The van der Waals surface area contributed by atoms with Gasteiger partial charge in [0.2, 0.25) is 5.91 Å². The fourth-order valence-corrected chi connectivity index (χ4v) is 11.0. The molecule has 0 spiro atoms. The molecule has 1 amide bonds. The highest BCUT2D eigenvalue weighted by Gasteiger charge is 2.18. The van der Waals surface area contributed by atoms with Crippen LogP contribution in [0.1, 0.15) is 386 Å². The number of unbranched alkanes of at least 4 members (excludes halogenated alkanes) is 51. The average Bonchev–Trinajstić information content (AvgIpc) is 3.44. The fraction of sp³-hybridized carbons (Fsp3) is 0.889. The van der Waals surface area contributed by atoms with Gasteiger partial charge in [-0.2, -0.15) is 0 Å². The molecule has 0 rings (SSSR count). The van der Waals surface area contributed by atoms with Crippen molar-refractivity contribution in [3.8, 4) is 0 Å². The van der Waals surface area contributed by atoms with E-state index in [0.29, 0.717) is 19.4 Å². The zero-order valence-electron chi connectivity index (χ0n) is 52.7. The third-order valence-electron chi connectivity index (χ3n) is 16.4. The van der Waals surface area contributed by atoms with Crippen molar-refractivity contribution in [3.05, 3.63) is 36.5 Å². The van der Waals surface area contributed by atoms with E-state index in [4.69, 9.17) is 4.74 Å². The van der Waals surface area contributed by atoms with Crippen molar-refractivity contribution in [1.82, 2.24) is 5.32 Å². The molecule has 0 aliphatic heterocycles. The average molecular weight is 1100 g/mol. The summed E-state index contributed by atoms with van der Waals surface area (Å²) in [6.45, 7) is 4.92. The molecule has 6 nitrogen and oxygen atoms in total. The summed E-state index contributed by atoms with van der Waals surface area (Å²) in [6.07, 6.45) is 86.5. The first-order valence-corrected chi connectivity index (χ1v) is 35.3. The minimum absolute atomic E-state index is 0.00398. The van der Waals surface area contributed by atoms with Crippen molar-refractivity contribution in [2.75, 3.05) is 13.2 Å². The van der Waals surface area contributed by atoms with Crippen LogP contribution < -0.4 is 5.32 Å². The van der Waals surface area contributed by atoms with Crippen LogP contribution in [0, 0.1) is 0 Å². The maximum Gasteiger partial charge on any atom is 0.305 e. The molecule has 2 atom stereocenters. The number of rotatable bonds is 66. The number of amides is 1. The quantitative estimate of drug-likeness (QED) is 0.0320. The lowest BCUT2D eigenvalue weighted by Gasteiger charge is -2.20. The molecule has 0 saturated heterocycles. The van der Waals surface area contributed by atoms with Crippen LogP contribution in [0.2, 0.25) is 0 Å². The van der Waals surface area contributed by atoms with Gasteiger partial charge in [0.15, 0.2) is 0 Å². The normalized spacial score (nSPS) is 12.7. The van der Waals surface area contributed by atoms with Gasteiger partial charge in [-0.3, -0.25) is 9.59 Å². The van der Waals surface area contributed by atoms with Gasteiger partial charge in [-0.05, 0) is 83.5 Å². The van der Waals surface area contributed by atoms with Crippen LogP contribution in [-0.2, 0) is 14.3 Å². The molecule has 0 radical (unpaired) electrons. The number of esters is 1. The maximum atomic E-state index is 12.5. The largest absolute Gasteiger partial charge is 0.466 e. The van der Waals surface area contributed by atoms with E-state index in [9.17, 15) is 19.8 Å². The first kappa shape index (κ1) is 76.1. The highest BCUT2D eigenvalue weighted by Crippen LogP contribution is 2.18. The highest BCUT2D eigenvalue weighted by atomic mass is 16.5. The van der Waals surface area contributed by atoms with Crippen molar-refractivity contribution in [2.24, 2.45) is 0 Å². The molecule has 0 fully saturated rings. The Morgan fingerprint density at radius 3 is 0.910 bits per heavy atom. The summed E-state index contributed by atoms with van der Waals surface area (Å²) in [6, 6.07) is -0.633. The second kappa shape index (κ2) is 67.6. The van der Waals surface area contributed by atoms with Gasteiger partial charge in [-0.25, -0.2) is 0 Å². The number of nitrogens with one attached hydrogen (secondary N) is 1. The Morgan fingerprint density at radius 1 is 0.346 bits per heavy atom. The summed E-state index contributed by atoms with van der Waals surface area (Å²) < 4.78 is 5.48. The van der Waals surface area contributed by atoms with Crippen molar-refractivity contribution in [2.45, 2.75) is 398 Å². The van der Waals surface area contributed by atoms with E-state index in [1.165, 1.54) is 315 Å².